The van der Waals surface area contributed by atoms with E-state index in [-0.39, 0.29) is 12.9 Å². The molecule has 0 aromatic carbocycles. The Labute approximate surface area is 173 Å². The highest BCUT2D eigenvalue weighted by atomic mass is 16.7. The van der Waals surface area contributed by atoms with Gasteiger partial charge in [0.1, 0.15) is 0 Å². The highest BCUT2D eigenvalue weighted by Crippen LogP contribution is 2.18. The van der Waals surface area contributed by atoms with Crippen molar-refractivity contribution >= 4 is 0 Å². The third-order valence-electron chi connectivity index (χ3n) is 5.05. The highest BCUT2D eigenvalue weighted by Gasteiger charge is 2.14. The van der Waals surface area contributed by atoms with Gasteiger partial charge in [-0.25, -0.2) is 0 Å². The maximum absolute atomic E-state index is 8.91. The number of hydrogen-bond donors (Lipinski definition) is 1. The first-order valence-electron chi connectivity index (χ1n) is 11.0. The summed E-state index contributed by atoms with van der Waals surface area (Å²) in [6.07, 6.45) is 18.6. The summed E-state index contributed by atoms with van der Waals surface area (Å²) in [5, 5.41) is 8.91. The van der Waals surface area contributed by atoms with Crippen LogP contribution in [0.4, 0.5) is 0 Å². The third kappa shape index (κ3) is 13.1. The lowest BCUT2D eigenvalue weighted by Crippen LogP contribution is -2.23. The second-order valence-electron chi connectivity index (χ2n) is 8.15. The molecule has 1 fully saturated rings. The van der Waals surface area contributed by atoms with Crippen molar-refractivity contribution in [3.8, 4) is 0 Å². The van der Waals surface area contributed by atoms with Gasteiger partial charge < -0.3 is 14.6 Å². The van der Waals surface area contributed by atoms with E-state index in [0.717, 1.165) is 58.0 Å². The van der Waals surface area contributed by atoms with Crippen LogP contribution in [0.5, 0.6) is 0 Å². The van der Waals surface area contributed by atoms with Crippen LogP contribution in [0.2, 0.25) is 0 Å². The number of allylic oxidation sites excluding steroid dienone is 6. The fraction of sp³-hybridized carbons (Fsp3) is 0.680. The molecule has 0 spiro atoms. The quantitative estimate of drug-likeness (QED) is 0.358. The van der Waals surface area contributed by atoms with Crippen molar-refractivity contribution in [1.82, 2.24) is 0 Å². The third-order valence-corrected chi connectivity index (χ3v) is 5.05. The summed E-state index contributed by atoms with van der Waals surface area (Å²) in [5.74, 6) is 0. The van der Waals surface area contributed by atoms with E-state index in [1.165, 1.54) is 28.7 Å². The Bertz CT molecular complexity index is 530. The summed E-state index contributed by atoms with van der Waals surface area (Å²) in [6, 6.07) is 0. The van der Waals surface area contributed by atoms with Crippen LogP contribution in [0, 0.1) is 0 Å². The van der Waals surface area contributed by atoms with Gasteiger partial charge in [0.15, 0.2) is 6.29 Å². The van der Waals surface area contributed by atoms with Crippen LogP contribution >= 0.6 is 0 Å². The number of aliphatic hydroxyl groups excluding tert-OH is 1. The Morgan fingerprint density at radius 3 is 2.21 bits per heavy atom. The highest BCUT2D eigenvalue weighted by molar-refractivity contribution is 5.09. The summed E-state index contributed by atoms with van der Waals surface area (Å²) in [6.45, 7) is 10.3. The Hall–Kier alpha value is -1.16. The minimum atomic E-state index is -0.0162. The van der Waals surface area contributed by atoms with Gasteiger partial charge in [-0.05, 0) is 91.1 Å². The molecule has 1 heterocycles. The minimum absolute atomic E-state index is 0.0162. The van der Waals surface area contributed by atoms with Gasteiger partial charge in [0, 0.05) is 6.61 Å². The predicted molar refractivity (Wildman–Crippen MR) is 119 cm³/mol. The fourth-order valence-corrected chi connectivity index (χ4v) is 3.23. The largest absolute Gasteiger partial charge is 0.392 e. The van der Waals surface area contributed by atoms with E-state index in [1.807, 2.05) is 6.08 Å². The van der Waals surface area contributed by atoms with Gasteiger partial charge in [0.25, 0.3) is 0 Å². The monoisotopic (exact) mass is 390 g/mol. The van der Waals surface area contributed by atoms with Crippen LogP contribution in [-0.4, -0.2) is 31.2 Å². The molecule has 1 aliphatic heterocycles. The van der Waals surface area contributed by atoms with Gasteiger partial charge >= 0.3 is 0 Å². The summed E-state index contributed by atoms with van der Waals surface area (Å²) in [4.78, 5) is 0. The van der Waals surface area contributed by atoms with E-state index < -0.39 is 0 Å². The van der Waals surface area contributed by atoms with Crippen molar-refractivity contribution in [3.05, 3.63) is 46.6 Å². The van der Waals surface area contributed by atoms with Crippen LogP contribution in [0.15, 0.2) is 46.6 Å². The van der Waals surface area contributed by atoms with Crippen LogP contribution in [0.3, 0.4) is 0 Å². The number of aliphatic hydroxyl groups is 1. The first-order valence-corrected chi connectivity index (χ1v) is 11.0. The molecule has 0 aromatic heterocycles. The van der Waals surface area contributed by atoms with Crippen LogP contribution in [0.25, 0.3) is 0 Å². The maximum atomic E-state index is 8.91. The van der Waals surface area contributed by atoms with Gasteiger partial charge in [0.05, 0.1) is 13.2 Å². The zero-order chi connectivity index (χ0) is 20.6. The molecule has 1 N–H and O–H groups in total. The normalized spacial score (nSPS) is 19.0. The van der Waals surface area contributed by atoms with Crippen LogP contribution < -0.4 is 0 Å². The lowest BCUT2D eigenvalue weighted by atomic mass is 10.0. The molecule has 3 heteroatoms. The Morgan fingerprint density at radius 2 is 1.57 bits per heavy atom. The molecular weight excluding hydrogens is 348 g/mol. The van der Waals surface area contributed by atoms with Gasteiger partial charge in [-0.1, -0.05) is 41.0 Å². The molecule has 28 heavy (non-hydrogen) atoms. The molecule has 1 aliphatic rings. The molecule has 3 nitrogen and oxygen atoms in total. The zero-order valence-electron chi connectivity index (χ0n) is 18.6. The van der Waals surface area contributed by atoms with Crippen LogP contribution in [-0.2, 0) is 9.47 Å². The summed E-state index contributed by atoms with van der Waals surface area (Å²) in [5.41, 5.74) is 5.46. The molecule has 1 saturated heterocycles. The Morgan fingerprint density at radius 1 is 0.893 bits per heavy atom. The van der Waals surface area contributed by atoms with Gasteiger partial charge in [-0.15, -0.1) is 0 Å². The first-order chi connectivity index (χ1) is 13.5. The van der Waals surface area contributed by atoms with Gasteiger partial charge in [-0.3, -0.25) is 0 Å². The molecule has 0 bridgehead atoms. The lowest BCUT2D eigenvalue weighted by Gasteiger charge is -2.23. The maximum Gasteiger partial charge on any atom is 0.158 e. The van der Waals surface area contributed by atoms with Crippen LogP contribution in [0.1, 0.15) is 85.5 Å². The molecule has 0 radical (unpaired) electrons. The van der Waals surface area contributed by atoms with E-state index in [2.05, 4.69) is 45.9 Å². The molecule has 1 rings (SSSR count). The molecule has 0 saturated carbocycles. The van der Waals surface area contributed by atoms with Crippen molar-refractivity contribution in [2.75, 3.05) is 19.8 Å². The molecule has 0 aromatic rings. The zero-order valence-corrected chi connectivity index (χ0v) is 18.6. The number of hydrogen-bond acceptors (Lipinski definition) is 3. The van der Waals surface area contributed by atoms with E-state index >= 15 is 0 Å². The van der Waals surface area contributed by atoms with E-state index in [4.69, 9.17) is 14.6 Å². The molecule has 0 aliphatic carbocycles. The summed E-state index contributed by atoms with van der Waals surface area (Å²) >= 11 is 0. The average Bonchev–Trinajstić information content (AvgIpc) is 2.66. The Balaban J connectivity index is 2.45. The molecule has 1 atom stereocenters. The number of ether oxygens (including phenoxy) is 2. The van der Waals surface area contributed by atoms with Crippen molar-refractivity contribution in [2.45, 2.75) is 91.8 Å². The van der Waals surface area contributed by atoms with Crippen molar-refractivity contribution in [3.63, 3.8) is 0 Å². The van der Waals surface area contributed by atoms with E-state index in [0.29, 0.717) is 6.61 Å². The minimum Gasteiger partial charge on any atom is -0.392 e. The topological polar surface area (TPSA) is 38.7 Å². The SMILES string of the molecule is CC(C)=CCC/C(=C\CC/C(C)=C/CC/C(C)=C/CO)COC1CCCCO1. The van der Waals surface area contributed by atoms with Crippen molar-refractivity contribution < 1.29 is 14.6 Å². The molecular formula is C25H42O3. The molecule has 160 valence electrons. The van der Waals surface area contributed by atoms with Gasteiger partial charge in [0.2, 0.25) is 0 Å². The number of rotatable bonds is 13. The summed E-state index contributed by atoms with van der Waals surface area (Å²) < 4.78 is 11.7. The predicted octanol–water partition coefficient (Wildman–Crippen LogP) is 6.65. The molecule has 0 amide bonds. The first kappa shape index (κ1) is 24.9. The molecule has 1 unspecified atom stereocenters. The second kappa shape index (κ2) is 15.7. The van der Waals surface area contributed by atoms with Crippen molar-refractivity contribution in [2.24, 2.45) is 0 Å². The fourth-order valence-electron chi connectivity index (χ4n) is 3.23. The Kier molecular flexibility index (Phi) is 14.0. The second-order valence-corrected chi connectivity index (χ2v) is 8.15. The smallest absolute Gasteiger partial charge is 0.158 e. The van der Waals surface area contributed by atoms with E-state index in [1.54, 1.807) is 0 Å². The summed E-state index contributed by atoms with van der Waals surface area (Å²) in [7, 11) is 0. The standard InChI is InChI=1S/C25H42O3/c1-21(2)10-7-14-24(20-28-25-16-5-6-19-27-25)15-9-13-22(3)11-8-12-23(4)17-18-26/h10-11,15,17,25-26H,5-9,12-14,16,18-20H2,1-4H3/b22-11+,23-17+,24-15+. The van der Waals surface area contributed by atoms with Crippen molar-refractivity contribution in [1.29, 1.82) is 0 Å². The average molecular weight is 391 g/mol. The lowest BCUT2D eigenvalue weighted by molar-refractivity contribution is -0.157. The van der Waals surface area contributed by atoms with Gasteiger partial charge in [-0.2, -0.15) is 0 Å². The van der Waals surface area contributed by atoms with E-state index in [9.17, 15) is 0 Å².